The number of benzene rings is 1. The maximum atomic E-state index is 12.8. The summed E-state index contributed by atoms with van der Waals surface area (Å²) in [7, 11) is 3.55. The molecule has 1 aromatic carbocycles. The largest absolute Gasteiger partial charge is 0.496 e. The molecular weight excluding hydrogens is 356 g/mol. The summed E-state index contributed by atoms with van der Waals surface area (Å²) in [6, 6.07) is 3.96. The van der Waals surface area contributed by atoms with Gasteiger partial charge in [0.05, 0.1) is 19.0 Å². The van der Waals surface area contributed by atoms with E-state index in [0.29, 0.717) is 12.3 Å². The second kappa shape index (κ2) is 6.44. The van der Waals surface area contributed by atoms with Crippen molar-refractivity contribution >= 4 is 17.4 Å². The average Bonchev–Trinajstić information content (AvgIpc) is 3.03. The lowest BCUT2D eigenvalue weighted by atomic mass is 9.93. The number of ether oxygens (including phenoxy) is 2. The second-order valence-electron chi connectivity index (χ2n) is 8.00. The van der Waals surface area contributed by atoms with Gasteiger partial charge in [-0.05, 0) is 36.8 Å². The number of hydrogen-bond acceptors (Lipinski definition) is 5. The van der Waals surface area contributed by atoms with E-state index in [-0.39, 0.29) is 17.2 Å². The third-order valence-corrected chi connectivity index (χ3v) is 6.33. The van der Waals surface area contributed by atoms with Gasteiger partial charge in [-0.15, -0.1) is 0 Å². The van der Waals surface area contributed by atoms with Gasteiger partial charge >= 0.3 is 0 Å². The monoisotopic (exact) mass is 380 g/mol. The van der Waals surface area contributed by atoms with Crippen LogP contribution in [-0.4, -0.2) is 41.8 Å². The van der Waals surface area contributed by atoms with Crippen molar-refractivity contribution in [3.63, 3.8) is 0 Å². The van der Waals surface area contributed by atoms with Crippen LogP contribution in [-0.2, 0) is 23.0 Å². The normalized spacial score (nSPS) is 21.9. The molecule has 1 spiro atoms. The van der Waals surface area contributed by atoms with E-state index >= 15 is 0 Å². The Balaban J connectivity index is 1.39. The summed E-state index contributed by atoms with van der Waals surface area (Å²) in [5, 5.41) is 7.35. The first-order valence-corrected chi connectivity index (χ1v) is 9.75. The van der Waals surface area contributed by atoms with E-state index in [1.54, 1.807) is 11.8 Å². The van der Waals surface area contributed by atoms with E-state index in [9.17, 15) is 4.79 Å². The SMILES string of the molecule is COc1ccc(-c2cnn(C)c2)c2c1CC(NC(=O)C1CC13CCOCC3)=N2. The molecule has 0 bridgehead atoms. The van der Waals surface area contributed by atoms with Crippen molar-refractivity contribution in [3.8, 4) is 16.9 Å². The van der Waals surface area contributed by atoms with E-state index in [4.69, 9.17) is 14.5 Å². The van der Waals surface area contributed by atoms with E-state index < -0.39 is 0 Å². The summed E-state index contributed by atoms with van der Waals surface area (Å²) in [6.07, 6.45) is 7.29. The molecule has 2 aromatic rings. The van der Waals surface area contributed by atoms with Crippen molar-refractivity contribution < 1.29 is 14.3 Å². The van der Waals surface area contributed by atoms with Gasteiger partial charge in [-0.25, -0.2) is 4.99 Å². The molecule has 1 amide bonds. The lowest BCUT2D eigenvalue weighted by Gasteiger charge is -2.22. The van der Waals surface area contributed by atoms with Crippen LogP contribution < -0.4 is 10.1 Å². The summed E-state index contributed by atoms with van der Waals surface area (Å²) in [6.45, 7) is 1.53. The van der Waals surface area contributed by atoms with Gasteiger partial charge in [0, 0.05) is 55.5 Å². The van der Waals surface area contributed by atoms with Crippen molar-refractivity contribution in [1.29, 1.82) is 0 Å². The minimum absolute atomic E-state index is 0.0856. The highest BCUT2D eigenvalue weighted by atomic mass is 16.5. The topological polar surface area (TPSA) is 77.7 Å². The third kappa shape index (κ3) is 2.81. The van der Waals surface area contributed by atoms with E-state index in [1.165, 1.54) is 0 Å². The minimum Gasteiger partial charge on any atom is -0.496 e. The molecule has 146 valence electrons. The van der Waals surface area contributed by atoms with Crippen LogP contribution in [0.1, 0.15) is 24.8 Å². The zero-order valence-corrected chi connectivity index (χ0v) is 16.2. The Bertz CT molecular complexity index is 972. The second-order valence-corrected chi connectivity index (χ2v) is 8.00. The van der Waals surface area contributed by atoms with Crippen LogP contribution in [0.4, 0.5) is 5.69 Å². The van der Waals surface area contributed by atoms with Gasteiger partial charge in [-0.1, -0.05) is 0 Å². The van der Waals surface area contributed by atoms with Gasteiger partial charge in [0.2, 0.25) is 5.91 Å². The zero-order valence-electron chi connectivity index (χ0n) is 16.2. The van der Waals surface area contributed by atoms with Crippen LogP contribution in [0.2, 0.25) is 0 Å². The first-order chi connectivity index (χ1) is 13.6. The highest BCUT2D eigenvalue weighted by molar-refractivity contribution is 6.06. The van der Waals surface area contributed by atoms with Crippen molar-refractivity contribution in [1.82, 2.24) is 15.1 Å². The lowest BCUT2D eigenvalue weighted by molar-refractivity contribution is -0.122. The summed E-state index contributed by atoms with van der Waals surface area (Å²) in [5.74, 6) is 1.67. The number of aliphatic imine (C=N–C) groups is 1. The minimum atomic E-state index is 0.0856. The molecule has 1 saturated carbocycles. The van der Waals surface area contributed by atoms with Gasteiger partial charge in [0.15, 0.2) is 0 Å². The number of carbonyl (C=O) groups is 1. The molecule has 1 aromatic heterocycles. The fourth-order valence-electron chi connectivity index (χ4n) is 4.59. The first kappa shape index (κ1) is 17.4. The molecule has 1 N–H and O–H groups in total. The number of fused-ring (bicyclic) bond motifs is 1. The molecule has 1 aliphatic carbocycles. The van der Waals surface area contributed by atoms with Gasteiger partial charge in [-0.3, -0.25) is 9.48 Å². The maximum absolute atomic E-state index is 12.8. The number of nitrogens with zero attached hydrogens (tertiary/aromatic N) is 3. The van der Waals surface area contributed by atoms with Crippen LogP contribution in [0.25, 0.3) is 11.1 Å². The predicted molar refractivity (Wildman–Crippen MR) is 105 cm³/mol. The van der Waals surface area contributed by atoms with Gasteiger partial charge in [0.1, 0.15) is 11.6 Å². The van der Waals surface area contributed by atoms with E-state index in [0.717, 1.165) is 60.6 Å². The van der Waals surface area contributed by atoms with E-state index in [1.807, 2.05) is 31.6 Å². The zero-order chi connectivity index (χ0) is 19.3. The van der Waals surface area contributed by atoms with Crippen LogP contribution in [0, 0.1) is 11.3 Å². The van der Waals surface area contributed by atoms with Crippen LogP contribution in [0.15, 0.2) is 29.5 Å². The lowest BCUT2D eigenvalue weighted by Crippen LogP contribution is -2.34. The molecule has 7 nitrogen and oxygen atoms in total. The number of amides is 1. The Hall–Kier alpha value is -2.67. The summed E-state index contributed by atoms with van der Waals surface area (Å²) in [4.78, 5) is 17.6. The number of amidine groups is 1. The van der Waals surface area contributed by atoms with Gasteiger partial charge < -0.3 is 14.8 Å². The van der Waals surface area contributed by atoms with Gasteiger partial charge in [0.25, 0.3) is 0 Å². The first-order valence-electron chi connectivity index (χ1n) is 9.75. The number of aromatic nitrogens is 2. The smallest absolute Gasteiger partial charge is 0.228 e. The Labute approximate surface area is 163 Å². The number of hydrogen-bond donors (Lipinski definition) is 1. The Morgan fingerprint density at radius 3 is 2.89 bits per heavy atom. The fourth-order valence-corrected chi connectivity index (χ4v) is 4.59. The van der Waals surface area contributed by atoms with Crippen molar-refractivity contribution in [2.24, 2.45) is 23.4 Å². The van der Waals surface area contributed by atoms with Crippen molar-refractivity contribution in [3.05, 3.63) is 30.1 Å². The summed E-state index contributed by atoms with van der Waals surface area (Å²) < 4.78 is 12.8. The molecule has 1 atom stereocenters. The summed E-state index contributed by atoms with van der Waals surface area (Å²) >= 11 is 0. The summed E-state index contributed by atoms with van der Waals surface area (Å²) in [5.41, 5.74) is 4.03. The Kier molecular flexibility index (Phi) is 4.01. The highest BCUT2D eigenvalue weighted by Crippen LogP contribution is 2.59. The molecule has 1 saturated heterocycles. The maximum Gasteiger partial charge on any atom is 0.228 e. The molecule has 2 aliphatic heterocycles. The van der Waals surface area contributed by atoms with Crippen molar-refractivity contribution in [2.75, 3.05) is 20.3 Å². The molecule has 3 heterocycles. The number of rotatable bonds is 3. The molecule has 0 radical (unpaired) electrons. The quantitative estimate of drug-likeness (QED) is 0.888. The van der Waals surface area contributed by atoms with E-state index in [2.05, 4.69) is 10.4 Å². The third-order valence-electron chi connectivity index (χ3n) is 6.33. The van der Waals surface area contributed by atoms with Crippen LogP contribution in [0.5, 0.6) is 5.75 Å². The van der Waals surface area contributed by atoms with Crippen molar-refractivity contribution in [2.45, 2.75) is 25.7 Å². The average molecular weight is 380 g/mol. The number of aryl methyl sites for hydroxylation is 1. The predicted octanol–water partition coefficient (Wildman–Crippen LogP) is 2.61. The standard InChI is InChI=1S/C21H24N4O3/c1-25-12-13(11-22-25)14-3-4-17(27-2)15-9-18(23-19(14)15)24-20(26)16-10-21(16)5-7-28-8-6-21/h3-4,11-12,16H,5-10H2,1-2H3,(H,23,24,26). The molecule has 5 rings (SSSR count). The molecule has 7 heteroatoms. The fraction of sp³-hybridized carbons (Fsp3) is 0.476. The Morgan fingerprint density at radius 2 is 2.18 bits per heavy atom. The van der Waals surface area contributed by atoms with Crippen LogP contribution >= 0.6 is 0 Å². The molecular formula is C21H24N4O3. The number of methoxy groups -OCH3 is 1. The van der Waals surface area contributed by atoms with Crippen LogP contribution in [0.3, 0.4) is 0 Å². The molecule has 28 heavy (non-hydrogen) atoms. The molecule has 1 unspecified atom stereocenters. The highest BCUT2D eigenvalue weighted by Gasteiger charge is 2.58. The number of nitrogens with one attached hydrogen (secondary N) is 1. The molecule has 3 aliphatic rings. The molecule has 2 fully saturated rings. The van der Waals surface area contributed by atoms with Gasteiger partial charge in [-0.2, -0.15) is 5.10 Å². The Morgan fingerprint density at radius 1 is 1.36 bits per heavy atom. The number of carbonyl (C=O) groups excluding carboxylic acids is 1.